The Morgan fingerprint density at radius 1 is 1.04 bits per heavy atom. The summed E-state index contributed by atoms with van der Waals surface area (Å²) in [5.74, 6) is 0.426. The van der Waals surface area contributed by atoms with Crippen LogP contribution in [0.4, 0.5) is 4.79 Å². The number of likely N-dealkylation sites (N-methyl/N-ethyl adjacent to an activating group) is 1. The summed E-state index contributed by atoms with van der Waals surface area (Å²) in [6, 6.07) is 17.7. The number of rotatable bonds is 8. The number of ether oxygens (including phenoxy) is 1. The summed E-state index contributed by atoms with van der Waals surface area (Å²) in [5.41, 5.74) is 2.04. The van der Waals surface area contributed by atoms with Crippen LogP contribution in [-0.2, 0) is 4.79 Å². The van der Waals surface area contributed by atoms with Crippen molar-refractivity contribution in [3.63, 3.8) is 0 Å². The Morgan fingerprint density at radius 3 is 2.46 bits per heavy atom. The van der Waals surface area contributed by atoms with Crippen molar-refractivity contribution in [2.24, 2.45) is 0 Å². The lowest BCUT2D eigenvalue weighted by Gasteiger charge is -2.15. The van der Waals surface area contributed by atoms with Gasteiger partial charge in [0.25, 0.3) is 11.1 Å². The van der Waals surface area contributed by atoms with Crippen molar-refractivity contribution >= 4 is 35.1 Å². The van der Waals surface area contributed by atoms with Gasteiger partial charge in [-0.2, -0.15) is 0 Å². The Morgan fingerprint density at radius 2 is 1.79 bits per heavy atom. The number of thioether (sulfide) groups is 1. The number of imide groups is 1. The first kappa shape index (κ1) is 19.9. The van der Waals surface area contributed by atoms with Crippen LogP contribution in [0.5, 0.6) is 5.75 Å². The molecule has 3 rings (SSSR count). The molecule has 5 nitrogen and oxygen atoms in total. The second-order valence-corrected chi connectivity index (χ2v) is 7.36. The van der Waals surface area contributed by atoms with E-state index < -0.39 is 0 Å². The lowest BCUT2D eigenvalue weighted by Crippen LogP contribution is -2.24. The monoisotopic (exact) mass is 394 g/mol. The highest BCUT2D eigenvalue weighted by atomic mass is 32.2. The fraction of sp³-hybridized carbons (Fsp3) is 0.182. The molecule has 0 aliphatic carbocycles. The molecule has 1 aliphatic rings. The van der Waals surface area contributed by atoms with Crippen LogP contribution in [0.1, 0.15) is 11.1 Å². The molecule has 6 heteroatoms. The van der Waals surface area contributed by atoms with Crippen molar-refractivity contribution in [1.29, 1.82) is 0 Å². The summed E-state index contributed by atoms with van der Waals surface area (Å²) in [4.78, 5) is 25.3. The standard InChI is InChI=1S/C22H22N2O3S/c1-24(13-5-8-17-6-3-2-4-7-17)14-15-27-19-11-9-18(10-12-19)16-20-21(25)23-22(26)28-20/h2-12,16H,13-15H2,1H3,(H,23,25,26)/b8-5+,20-16+. The van der Waals surface area contributed by atoms with Crippen molar-refractivity contribution in [3.05, 3.63) is 76.7 Å². The first-order valence-corrected chi connectivity index (χ1v) is 9.80. The molecule has 2 amide bonds. The number of carbonyl (C=O) groups excluding carboxylic acids is 2. The summed E-state index contributed by atoms with van der Waals surface area (Å²) in [6.07, 6.45) is 5.95. The minimum Gasteiger partial charge on any atom is -0.492 e. The van der Waals surface area contributed by atoms with Crippen LogP contribution in [0, 0.1) is 0 Å². The van der Waals surface area contributed by atoms with Crippen molar-refractivity contribution in [1.82, 2.24) is 10.2 Å². The van der Waals surface area contributed by atoms with Crippen LogP contribution in [0.3, 0.4) is 0 Å². The summed E-state index contributed by atoms with van der Waals surface area (Å²) in [6.45, 7) is 2.25. The first-order valence-electron chi connectivity index (χ1n) is 8.98. The van der Waals surface area contributed by atoms with E-state index in [1.165, 1.54) is 5.56 Å². The van der Waals surface area contributed by atoms with Gasteiger partial charge in [-0.05, 0) is 48.1 Å². The van der Waals surface area contributed by atoms with E-state index in [-0.39, 0.29) is 11.1 Å². The van der Waals surface area contributed by atoms with Gasteiger partial charge < -0.3 is 4.74 Å². The molecule has 28 heavy (non-hydrogen) atoms. The maximum atomic E-state index is 11.6. The zero-order valence-corrected chi connectivity index (χ0v) is 16.4. The van der Waals surface area contributed by atoms with E-state index in [9.17, 15) is 9.59 Å². The Labute approximate surface area is 169 Å². The molecular formula is C22H22N2O3S. The molecule has 1 saturated heterocycles. The fourth-order valence-corrected chi connectivity index (χ4v) is 3.26. The molecule has 144 valence electrons. The summed E-state index contributed by atoms with van der Waals surface area (Å²) in [5, 5.41) is 1.91. The van der Waals surface area contributed by atoms with Crippen LogP contribution in [0.25, 0.3) is 12.2 Å². The molecule has 2 aromatic carbocycles. The molecule has 0 unspecified atom stereocenters. The number of hydrogen-bond acceptors (Lipinski definition) is 5. The van der Waals surface area contributed by atoms with Gasteiger partial charge in [-0.15, -0.1) is 0 Å². The van der Waals surface area contributed by atoms with Crippen LogP contribution in [-0.4, -0.2) is 42.8 Å². The lowest BCUT2D eigenvalue weighted by molar-refractivity contribution is -0.115. The van der Waals surface area contributed by atoms with Crippen molar-refractivity contribution in [2.45, 2.75) is 0 Å². The van der Waals surface area contributed by atoms with E-state index in [4.69, 9.17) is 4.74 Å². The number of hydrogen-bond donors (Lipinski definition) is 1. The second kappa shape index (κ2) is 9.92. The van der Waals surface area contributed by atoms with Gasteiger partial charge in [0, 0.05) is 13.1 Å². The van der Waals surface area contributed by atoms with Crippen LogP contribution >= 0.6 is 11.8 Å². The second-order valence-electron chi connectivity index (χ2n) is 6.35. The maximum absolute atomic E-state index is 11.6. The Balaban J connectivity index is 1.41. The van der Waals surface area contributed by atoms with Crippen LogP contribution < -0.4 is 10.1 Å². The van der Waals surface area contributed by atoms with Gasteiger partial charge in [-0.25, -0.2) is 0 Å². The summed E-state index contributed by atoms with van der Waals surface area (Å²) in [7, 11) is 2.06. The zero-order chi connectivity index (χ0) is 19.8. The Hall–Kier alpha value is -2.83. The van der Waals surface area contributed by atoms with Gasteiger partial charge in [0.15, 0.2) is 0 Å². The fourth-order valence-electron chi connectivity index (χ4n) is 2.58. The predicted octanol–water partition coefficient (Wildman–Crippen LogP) is 4.03. The number of nitrogens with one attached hydrogen (secondary N) is 1. The molecule has 0 saturated carbocycles. The van der Waals surface area contributed by atoms with Gasteiger partial charge in [0.05, 0.1) is 4.91 Å². The van der Waals surface area contributed by atoms with Gasteiger partial charge in [-0.1, -0.05) is 54.6 Å². The molecule has 1 aliphatic heterocycles. The third-order valence-electron chi connectivity index (χ3n) is 4.09. The number of benzene rings is 2. The smallest absolute Gasteiger partial charge is 0.290 e. The number of nitrogens with zero attached hydrogens (tertiary/aromatic N) is 1. The highest BCUT2D eigenvalue weighted by Gasteiger charge is 2.24. The predicted molar refractivity (Wildman–Crippen MR) is 114 cm³/mol. The molecule has 0 aromatic heterocycles. The minimum absolute atomic E-state index is 0.334. The van der Waals surface area contributed by atoms with Crippen molar-refractivity contribution in [3.8, 4) is 5.75 Å². The lowest BCUT2D eigenvalue weighted by atomic mass is 10.2. The minimum atomic E-state index is -0.348. The first-order chi connectivity index (χ1) is 13.6. The highest BCUT2D eigenvalue weighted by Crippen LogP contribution is 2.26. The molecule has 0 radical (unpaired) electrons. The Bertz CT molecular complexity index is 876. The van der Waals surface area contributed by atoms with E-state index in [2.05, 4.69) is 41.5 Å². The van der Waals surface area contributed by atoms with Gasteiger partial charge in [0.1, 0.15) is 12.4 Å². The molecule has 1 N–H and O–H groups in total. The van der Waals surface area contributed by atoms with Crippen LogP contribution in [0.2, 0.25) is 0 Å². The van der Waals surface area contributed by atoms with E-state index in [1.54, 1.807) is 6.08 Å². The number of amides is 2. The molecule has 0 atom stereocenters. The van der Waals surface area contributed by atoms with Gasteiger partial charge >= 0.3 is 0 Å². The average molecular weight is 394 g/mol. The highest BCUT2D eigenvalue weighted by molar-refractivity contribution is 8.18. The molecule has 0 spiro atoms. The topological polar surface area (TPSA) is 58.6 Å². The van der Waals surface area contributed by atoms with Crippen LogP contribution in [0.15, 0.2) is 65.6 Å². The van der Waals surface area contributed by atoms with Gasteiger partial charge in [0.2, 0.25) is 0 Å². The molecule has 0 bridgehead atoms. The normalized spacial score (nSPS) is 15.6. The maximum Gasteiger partial charge on any atom is 0.290 e. The third-order valence-corrected chi connectivity index (χ3v) is 4.90. The largest absolute Gasteiger partial charge is 0.492 e. The molecular weight excluding hydrogens is 372 g/mol. The SMILES string of the molecule is CN(C/C=C/c1ccccc1)CCOc1ccc(/C=C2/SC(=O)NC2=O)cc1. The summed E-state index contributed by atoms with van der Waals surface area (Å²) >= 11 is 0.914. The Kier molecular flexibility index (Phi) is 7.06. The quantitative estimate of drug-likeness (QED) is 0.685. The molecule has 2 aromatic rings. The molecule has 1 fully saturated rings. The van der Waals surface area contributed by atoms with E-state index >= 15 is 0 Å². The van der Waals surface area contributed by atoms with E-state index in [1.807, 2.05) is 42.5 Å². The summed E-state index contributed by atoms with van der Waals surface area (Å²) < 4.78 is 5.78. The number of carbonyl (C=O) groups is 2. The van der Waals surface area contributed by atoms with Crippen molar-refractivity contribution < 1.29 is 14.3 Å². The van der Waals surface area contributed by atoms with E-state index in [0.29, 0.717) is 11.5 Å². The van der Waals surface area contributed by atoms with Crippen molar-refractivity contribution in [2.75, 3.05) is 26.7 Å². The molecule has 1 heterocycles. The third kappa shape index (κ3) is 6.11. The van der Waals surface area contributed by atoms with Gasteiger partial charge in [-0.3, -0.25) is 19.8 Å². The van der Waals surface area contributed by atoms with E-state index in [0.717, 1.165) is 36.2 Å². The average Bonchev–Trinajstić information content (AvgIpc) is 3.01. The zero-order valence-electron chi connectivity index (χ0n) is 15.6.